The van der Waals surface area contributed by atoms with Crippen LogP contribution in [0.15, 0.2) is 0 Å². The van der Waals surface area contributed by atoms with Gasteiger partial charge in [0.15, 0.2) is 0 Å². The molecule has 1 rings (SSSR count). The molecule has 14 heavy (non-hydrogen) atoms. The van der Waals surface area contributed by atoms with Crippen molar-refractivity contribution in [3.8, 4) is 0 Å². The highest BCUT2D eigenvalue weighted by Crippen LogP contribution is 2.14. The number of carbonyl (C=O) groups is 1. The number of hydrogen-bond acceptors (Lipinski definition) is 2. The van der Waals surface area contributed by atoms with Crippen LogP contribution in [0.1, 0.15) is 47.5 Å². The number of nitrogens with zero attached hydrogens (tertiary/aromatic N) is 1. The summed E-state index contributed by atoms with van der Waals surface area (Å²) in [5, 5.41) is 0. The van der Waals surface area contributed by atoms with E-state index in [4.69, 9.17) is 4.74 Å². The van der Waals surface area contributed by atoms with E-state index in [0.29, 0.717) is 0 Å². The first-order valence-electron chi connectivity index (χ1n) is 5.47. The Morgan fingerprint density at radius 1 is 1.14 bits per heavy atom. The van der Waals surface area contributed by atoms with Crippen molar-refractivity contribution in [3.05, 3.63) is 0 Å². The summed E-state index contributed by atoms with van der Waals surface area (Å²) >= 11 is 0. The predicted molar refractivity (Wildman–Crippen MR) is 58.4 cm³/mol. The summed E-state index contributed by atoms with van der Waals surface area (Å²) in [5.41, 5.74) is -0.361. The zero-order chi connectivity index (χ0) is 11.2. The number of ether oxygens (including phenoxy) is 1. The lowest BCUT2D eigenvalue weighted by molar-refractivity contribution is 0.0295. The summed E-state index contributed by atoms with van der Waals surface area (Å²) < 4.78 is 5.21. The zero-order valence-electron chi connectivity index (χ0n) is 10.1. The second kappa shape index (κ2) is 5.89. The van der Waals surface area contributed by atoms with Crippen molar-refractivity contribution < 1.29 is 9.53 Å². The summed E-state index contributed by atoms with van der Waals surface area (Å²) in [6.07, 6.45) is 2.05. The fraction of sp³-hybridized carbons (Fsp3) is 0.909. The van der Waals surface area contributed by atoms with E-state index in [9.17, 15) is 4.79 Å². The normalized spacial score (nSPS) is 15.9. The monoisotopic (exact) mass is 201 g/mol. The van der Waals surface area contributed by atoms with Crippen LogP contribution in [-0.2, 0) is 4.74 Å². The van der Waals surface area contributed by atoms with Gasteiger partial charge in [-0.1, -0.05) is 13.8 Å². The molecule has 1 amide bonds. The van der Waals surface area contributed by atoms with Gasteiger partial charge in [-0.05, 0) is 33.6 Å². The van der Waals surface area contributed by atoms with Crippen LogP contribution in [0.2, 0.25) is 0 Å². The molecule has 0 spiro atoms. The Morgan fingerprint density at radius 3 is 1.93 bits per heavy atom. The largest absolute Gasteiger partial charge is 0.444 e. The third kappa shape index (κ3) is 5.10. The van der Waals surface area contributed by atoms with Crippen molar-refractivity contribution in [2.75, 3.05) is 13.1 Å². The molecule has 0 aromatic carbocycles. The van der Waals surface area contributed by atoms with Crippen LogP contribution in [0, 0.1) is 0 Å². The van der Waals surface area contributed by atoms with Gasteiger partial charge in [-0.2, -0.15) is 0 Å². The maximum absolute atomic E-state index is 11.4. The van der Waals surface area contributed by atoms with E-state index < -0.39 is 0 Å². The molecular weight excluding hydrogens is 178 g/mol. The van der Waals surface area contributed by atoms with Gasteiger partial charge in [0.2, 0.25) is 0 Å². The van der Waals surface area contributed by atoms with E-state index in [2.05, 4.69) is 0 Å². The standard InChI is InChI=1S/C9H17NO2.C2H6/c1-9(2,3)12-8(11)10-6-4-5-7-10;1-2/h4-7H2,1-3H3;1-2H3. The number of rotatable bonds is 0. The Labute approximate surface area is 87.4 Å². The molecule has 0 aliphatic carbocycles. The van der Waals surface area contributed by atoms with E-state index in [1.807, 2.05) is 34.6 Å². The van der Waals surface area contributed by atoms with Crippen molar-refractivity contribution in [3.63, 3.8) is 0 Å². The summed E-state index contributed by atoms with van der Waals surface area (Å²) in [7, 11) is 0. The maximum Gasteiger partial charge on any atom is 0.410 e. The Balaban J connectivity index is 0.000000791. The molecule has 1 fully saturated rings. The van der Waals surface area contributed by atoms with Gasteiger partial charge in [-0.3, -0.25) is 0 Å². The molecule has 0 saturated carbocycles. The quantitative estimate of drug-likeness (QED) is 0.603. The Kier molecular flexibility index (Phi) is 5.58. The van der Waals surface area contributed by atoms with Crippen LogP contribution in [0.3, 0.4) is 0 Å². The van der Waals surface area contributed by atoms with Gasteiger partial charge in [0.25, 0.3) is 0 Å². The summed E-state index contributed by atoms with van der Waals surface area (Å²) in [4.78, 5) is 13.1. The molecule has 0 unspecified atom stereocenters. The third-order valence-corrected chi connectivity index (χ3v) is 1.76. The third-order valence-electron chi connectivity index (χ3n) is 1.76. The molecule has 0 N–H and O–H groups in total. The zero-order valence-corrected chi connectivity index (χ0v) is 10.1. The number of hydrogen-bond donors (Lipinski definition) is 0. The molecule has 3 nitrogen and oxygen atoms in total. The van der Waals surface area contributed by atoms with Crippen LogP contribution in [0.25, 0.3) is 0 Å². The lowest BCUT2D eigenvalue weighted by atomic mass is 10.2. The van der Waals surface area contributed by atoms with Gasteiger partial charge in [0.05, 0.1) is 0 Å². The lowest BCUT2D eigenvalue weighted by Gasteiger charge is -2.23. The topological polar surface area (TPSA) is 29.5 Å². The minimum absolute atomic E-state index is 0.167. The second-order valence-electron chi connectivity index (χ2n) is 4.17. The molecule has 1 heterocycles. The molecule has 84 valence electrons. The molecule has 1 saturated heterocycles. The molecule has 0 radical (unpaired) electrons. The number of carbonyl (C=O) groups excluding carboxylic acids is 1. The number of amides is 1. The average molecular weight is 201 g/mol. The van der Waals surface area contributed by atoms with Crippen LogP contribution >= 0.6 is 0 Å². The van der Waals surface area contributed by atoms with Crippen molar-refractivity contribution in [2.24, 2.45) is 0 Å². The van der Waals surface area contributed by atoms with Gasteiger partial charge in [-0.25, -0.2) is 4.79 Å². The van der Waals surface area contributed by atoms with Crippen molar-refractivity contribution in [2.45, 2.75) is 53.1 Å². The SMILES string of the molecule is CC.CC(C)(C)OC(=O)N1CCCC1. The second-order valence-corrected chi connectivity index (χ2v) is 4.17. The Morgan fingerprint density at radius 2 is 1.57 bits per heavy atom. The molecule has 1 aliphatic heterocycles. The summed E-state index contributed by atoms with van der Waals surface area (Å²) in [6.45, 7) is 11.4. The van der Waals surface area contributed by atoms with E-state index in [1.54, 1.807) is 4.90 Å². The molecule has 1 aliphatic rings. The minimum atomic E-state index is -0.361. The van der Waals surface area contributed by atoms with E-state index in [0.717, 1.165) is 25.9 Å². The first-order chi connectivity index (χ1) is 6.49. The molecule has 3 heteroatoms. The highest BCUT2D eigenvalue weighted by atomic mass is 16.6. The minimum Gasteiger partial charge on any atom is -0.444 e. The Hall–Kier alpha value is -0.730. The first-order valence-corrected chi connectivity index (χ1v) is 5.47. The van der Waals surface area contributed by atoms with E-state index >= 15 is 0 Å². The van der Waals surface area contributed by atoms with Gasteiger partial charge in [0, 0.05) is 13.1 Å². The molecule has 0 atom stereocenters. The molecule has 0 aromatic rings. The molecule has 0 aromatic heterocycles. The fourth-order valence-corrected chi connectivity index (χ4v) is 1.23. The van der Waals surface area contributed by atoms with Crippen LogP contribution in [-0.4, -0.2) is 29.7 Å². The molecular formula is C11H23NO2. The van der Waals surface area contributed by atoms with Crippen LogP contribution < -0.4 is 0 Å². The van der Waals surface area contributed by atoms with Crippen LogP contribution in [0.5, 0.6) is 0 Å². The van der Waals surface area contributed by atoms with E-state index in [1.165, 1.54) is 0 Å². The van der Waals surface area contributed by atoms with Crippen LogP contribution in [0.4, 0.5) is 4.79 Å². The molecule has 0 bridgehead atoms. The van der Waals surface area contributed by atoms with Gasteiger partial charge in [-0.15, -0.1) is 0 Å². The average Bonchev–Trinajstić information content (AvgIpc) is 2.56. The Bertz CT molecular complexity index is 167. The number of likely N-dealkylation sites (tertiary alicyclic amines) is 1. The van der Waals surface area contributed by atoms with Gasteiger partial charge < -0.3 is 9.64 Å². The van der Waals surface area contributed by atoms with Gasteiger partial charge in [0.1, 0.15) is 5.60 Å². The van der Waals surface area contributed by atoms with Crippen molar-refractivity contribution >= 4 is 6.09 Å². The fourth-order valence-electron chi connectivity index (χ4n) is 1.23. The lowest BCUT2D eigenvalue weighted by Crippen LogP contribution is -2.34. The summed E-state index contributed by atoms with van der Waals surface area (Å²) in [6, 6.07) is 0. The predicted octanol–water partition coefficient (Wildman–Crippen LogP) is 3.04. The van der Waals surface area contributed by atoms with Crippen molar-refractivity contribution in [1.29, 1.82) is 0 Å². The van der Waals surface area contributed by atoms with Gasteiger partial charge >= 0.3 is 6.09 Å². The van der Waals surface area contributed by atoms with Crippen molar-refractivity contribution in [1.82, 2.24) is 4.90 Å². The highest BCUT2D eigenvalue weighted by Gasteiger charge is 2.23. The van der Waals surface area contributed by atoms with E-state index in [-0.39, 0.29) is 11.7 Å². The first kappa shape index (κ1) is 13.3. The maximum atomic E-state index is 11.4. The summed E-state index contributed by atoms with van der Waals surface area (Å²) in [5.74, 6) is 0. The highest BCUT2D eigenvalue weighted by molar-refractivity contribution is 5.68. The smallest absolute Gasteiger partial charge is 0.410 e.